The van der Waals surface area contributed by atoms with Crippen molar-refractivity contribution < 1.29 is 0 Å². The highest BCUT2D eigenvalue weighted by Gasteiger charge is 2.11. The Morgan fingerprint density at radius 2 is 2.22 bits per heavy atom. The van der Waals surface area contributed by atoms with Crippen LogP contribution in [0.15, 0.2) is 35.7 Å². The molecule has 1 nitrogen and oxygen atoms in total. The molecule has 1 heterocycles. The molecule has 1 aromatic carbocycles. The first-order chi connectivity index (χ1) is 8.70. The van der Waals surface area contributed by atoms with Gasteiger partial charge in [-0.1, -0.05) is 23.7 Å². The minimum absolute atomic E-state index is 0.363. The van der Waals surface area contributed by atoms with Gasteiger partial charge in [-0.05, 0) is 71.6 Å². The van der Waals surface area contributed by atoms with Gasteiger partial charge in [0.05, 0.1) is 5.02 Å². The van der Waals surface area contributed by atoms with E-state index < -0.39 is 0 Å². The molecule has 0 amide bonds. The lowest BCUT2D eigenvalue weighted by Gasteiger charge is -2.17. The van der Waals surface area contributed by atoms with Gasteiger partial charge in [0.2, 0.25) is 0 Å². The fourth-order valence-electron chi connectivity index (χ4n) is 1.95. The van der Waals surface area contributed by atoms with Gasteiger partial charge in [-0.25, -0.2) is 0 Å². The molecule has 1 aromatic heterocycles. The Balaban J connectivity index is 2.05. The minimum Gasteiger partial charge on any atom is -0.313 e. The molecule has 0 bridgehead atoms. The average Bonchev–Trinajstić information content (AvgIpc) is 2.87. The van der Waals surface area contributed by atoms with Crippen molar-refractivity contribution in [2.75, 3.05) is 7.05 Å². The van der Waals surface area contributed by atoms with E-state index in [9.17, 15) is 0 Å². The predicted octanol–water partition coefficient (Wildman–Crippen LogP) is 4.90. The summed E-state index contributed by atoms with van der Waals surface area (Å²) in [4.78, 5) is 1.44. The Morgan fingerprint density at radius 3 is 2.83 bits per heavy atom. The lowest BCUT2D eigenvalue weighted by Crippen LogP contribution is -2.17. The number of hydrogen-bond acceptors (Lipinski definition) is 2. The Kier molecular flexibility index (Phi) is 5.48. The van der Waals surface area contributed by atoms with Gasteiger partial charge in [-0.15, -0.1) is 11.3 Å². The van der Waals surface area contributed by atoms with Crippen LogP contribution in [0, 0.1) is 3.57 Å². The van der Waals surface area contributed by atoms with Gasteiger partial charge in [0.1, 0.15) is 0 Å². The third kappa shape index (κ3) is 3.70. The van der Waals surface area contributed by atoms with Crippen molar-refractivity contribution in [1.29, 1.82) is 0 Å². The molecule has 0 aliphatic rings. The van der Waals surface area contributed by atoms with E-state index in [2.05, 4.69) is 63.6 Å². The van der Waals surface area contributed by atoms with Crippen molar-refractivity contribution in [3.05, 3.63) is 54.7 Å². The van der Waals surface area contributed by atoms with Crippen molar-refractivity contribution in [2.45, 2.75) is 18.9 Å². The summed E-state index contributed by atoms with van der Waals surface area (Å²) in [6.07, 6.45) is 2.20. The number of thiophene rings is 1. The van der Waals surface area contributed by atoms with E-state index in [1.165, 1.54) is 10.4 Å². The van der Waals surface area contributed by atoms with Crippen LogP contribution in [0.4, 0.5) is 0 Å². The lowest BCUT2D eigenvalue weighted by atomic mass is 10.0. The van der Waals surface area contributed by atoms with E-state index in [0.717, 1.165) is 21.4 Å². The SMILES string of the molecule is CNC(CCc1cccs1)c1ccc(I)c(Cl)c1. The Labute approximate surface area is 131 Å². The molecule has 0 fully saturated rings. The molecule has 1 N–H and O–H groups in total. The van der Waals surface area contributed by atoms with Gasteiger partial charge in [0, 0.05) is 14.5 Å². The summed E-state index contributed by atoms with van der Waals surface area (Å²) >= 11 is 10.3. The second-order valence-corrected chi connectivity index (χ2v) is 6.73. The van der Waals surface area contributed by atoms with Gasteiger partial charge in [0.15, 0.2) is 0 Å². The molecule has 2 rings (SSSR count). The zero-order valence-electron chi connectivity index (χ0n) is 10.1. The lowest BCUT2D eigenvalue weighted by molar-refractivity contribution is 0.551. The zero-order valence-corrected chi connectivity index (χ0v) is 13.8. The Morgan fingerprint density at radius 1 is 1.39 bits per heavy atom. The normalized spacial score (nSPS) is 12.6. The molecule has 2 aromatic rings. The van der Waals surface area contributed by atoms with Crippen LogP contribution in [0.1, 0.15) is 22.9 Å². The summed E-state index contributed by atoms with van der Waals surface area (Å²) in [7, 11) is 2.00. The number of benzene rings is 1. The van der Waals surface area contributed by atoms with E-state index >= 15 is 0 Å². The molecule has 0 aliphatic carbocycles. The second kappa shape index (κ2) is 6.89. The smallest absolute Gasteiger partial charge is 0.0542 e. The largest absolute Gasteiger partial charge is 0.313 e. The van der Waals surface area contributed by atoms with Crippen molar-refractivity contribution in [3.8, 4) is 0 Å². The number of rotatable bonds is 5. The zero-order chi connectivity index (χ0) is 13.0. The fourth-order valence-corrected chi connectivity index (χ4v) is 3.20. The molecule has 0 radical (unpaired) electrons. The van der Waals surface area contributed by atoms with Crippen LogP contribution in [0.3, 0.4) is 0 Å². The molecular weight excluding hydrogens is 377 g/mol. The van der Waals surface area contributed by atoms with Crippen LogP contribution in [-0.4, -0.2) is 7.05 Å². The van der Waals surface area contributed by atoms with Gasteiger partial charge in [0.25, 0.3) is 0 Å². The van der Waals surface area contributed by atoms with E-state index in [1.807, 2.05) is 18.4 Å². The highest BCUT2D eigenvalue weighted by molar-refractivity contribution is 14.1. The van der Waals surface area contributed by atoms with E-state index in [0.29, 0.717) is 6.04 Å². The third-order valence-corrected chi connectivity index (χ3v) is 5.46. The van der Waals surface area contributed by atoms with E-state index in [4.69, 9.17) is 11.6 Å². The molecule has 4 heteroatoms. The highest BCUT2D eigenvalue weighted by Crippen LogP contribution is 2.26. The van der Waals surface area contributed by atoms with Gasteiger partial charge < -0.3 is 5.32 Å². The van der Waals surface area contributed by atoms with Gasteiger partial charge >= 0.3 is 0 Å². The highest BCUT2D eigenvalue weighted by atomic mass is 127. The van der Waals surface area contributed by atoms with Gasteiger partial charge in [-0.2, -0.15) is 0 Å². The average molecular weight is 392 g/mol. The number of hydrogen-bond donors (Lipinski definition) is 1. The fraction of sp³-hybridized carbons (Fsp3) is 0.286. The van der Waals surface area contributed by atoms with Crippen molar-refractivity contribution in [3.63, 3.8) is 0 Å². The van der Waals surface area contributed by atoms with Crippen LogP contribution in [-0.2, 0) is 6.42 Å². The first-order valence-corrected chi connectivity index (χ1v) is 8.19. The third-order valence-electron chi connectivity index (χ3n) is 2.95. The molecular formula is C14H15ClINS. The van der Waals surface area contributed by atoms with E-state index in [1.54, 1.807) is 0 Å². The van der Waals surface area contributed by atoms with Crippen molar-refractivity contribution in [2.24, 2.45) is 0 Å². The molecule has 0 spiro atoms. The maximum atomic E-state index is 6.18. The standard InChI is InChI=1S/C14H15ClINS/c1-17-14(7-5-11-3-2-8-18-11)10-4-6-13(16)12(15)9-10/h2-4,6,8-9,14,17H,5,7H2,1H3. The first-order valence-electron chi connectivity index (χ1n) is 5.85. The van der Waals surface area contributed by atoms with Crippen molar-refractivity contribution in [1.82, 2.24) is 5.32 Å². The number of halogens is 2. The molecule has 0 saturated carbocycles. The molecule has 18 heavy (non-hydrogen) atoms. The summed E-state index contributed by atoms with van der Waals surface area (Å²) in [6, 6.07) is 11.0. The molecule has 1 unspecified atom stereocenters. The molecule has 96 valence electrons. The Bertz CT molecular complexity index is 499. The van der Waals surface area contributed by atoms with E-state index in [-0.39, 0.29) is 0 Å². The topological polar surface area (TPSA) is 12.0 Å². The predicted molar refractivity (Wildman–Crippen MR) is 88.6 cm³/mol. The summed E-state index contributed by atoms with van der Waals surface area (Å²) in [5.41, 5.74) is 1.26. The molecule has 0 saturated heterocycles. The quantitative estimate of drug-likeness (QED) is 0.715. The van der Waals surface area contributed by atoms with Crippen LogP contribution >= 0.6 is 45.5 Å². The summed E-state index contributed by atoms with van der Waals surface area (Å²) in [5.74, 6) is 0. The maximum Gasteiger partial charge on any atom is 0.0542 e. The summed E-state index contributed by atoms with van der Waals surface area (Å²) in [6.45, 7) is 0. The van der Waals surface area contributed by atoms with Crippen LogP contribution in [0.5, 0.6) is 0 Å². The monoisotopic (exact) mass is 391 g/mol. The van der Waals surface area contributed by atoms with Crippen LogP contribution in [0.2, 0.25) is 5.02 Å². The minimum atomic E-state index is 0.363. The van der Waals surface area contributed by atoms with Gasteiger partial charge in [-0.3, -0.25) is 0 Å². The summed E-state index contributed by atoms with van der Waals surface area (Å²) < 4.78 is 1.10. The number of aryl methyl sites for hydroxylation is 1. The van der Waals surface area contributed by atoms with Crippen LogP contribution < -0.4 is 5.32 Å². The molecule has 1 atom stereocenters. The maximum absolute atomic E-state index is 6.18. The Hall–Kier alpha value is -0.100. The second-order valence-electron chi connectivity index (χ2n) is 4.13. The van der Waals surface area contributed by atoms with Crippen LogP contribution in [0.25, 0.3) is 0 Å². The number of nitrogens with one attached hydrogen (secondary N) is 1. The van der Waals surface area contributed by atoms with Crippen molar-refractivity contribution >= 4 is 45.5 Å². The first kappa shape index (κ1) is 14.3. The molecule has 0 aliphatic heterocycles. The summed E-state index contributed by atoms with van der Waals surface area (Å²) in [5, 5.41) is 6.34.